The van der Waals surface area contributed by atoms with Crippen molar-refractivity contribution in [1.82, 2.24) is 13.7 Å². The standard InChI is InChI=1S/C43H49N6/c1-4-44-19-22-47(31-44)38-13-7-35(8-14-38)41-25-34-26-42(28-41,36-9-15-39(16-10-36)48-23-20-45(5-2)32-48)30-43(27-34,29-41)37-11-17-40(18-12-37)49-24-21-46(6-3)33-49/h7-24,31-34H,4-6,25-30H2,1-3H3/q+3. The second-order valence-electron chi connectivity index (χ2n) is 15.4. The molecule has 6 aromatic rings. The van der Waals surface area contributed by atoms with Gasteiger partial charge in [0.1, 0.15) is 54.2 Å². The molecule has 0 spiro atoms. The van der Waals surface area contributed by atoms with Crippen molar-refractivity contribution in [2.45, 2.75) is 95.2 Å². The number of hydrogen-bond donors (Lipinski definition) is 0. The Labute approximate surface area is 290 Å². The fraction of sp³-hybridized carbons (Fsp3) is 0.372. The van der Waals surface area contributed by atoms with E-state index in [2.05, 4.69) is 177 Å². The molecule has 4 saturated carbocycles. The molecule has 3 aromatic heterocycles. The normalized spacial score (nSPS) is 25.7. The number of nitrogens with zero attached hydrogens (tertiary/aromatic N) is 6. The molecule has 0 radical (unpaired) electrons. The molecule has 0 N–H and O–H groups in total. The summed E-state index contributed by atoms with van der Waals surface area (Å²) in [7, 11) is 0. The van der Waals surface area contributed by atoms with Gasteiger partial charge in [0.2, 0.25) is 19.0 Å². The molecular formula is C43H49N6+3. The van der Waals surface area contributed by atoms with Crippen LogP contribution in [0.5, 0.6) is 0 Å². The lowest BCUT2D eigenvalue weighted by Gasteiger charge is -2.67. The summed E-state index contributed by atoms with van der Waals surface area (Å²) in [5, 5.41) is 0. The van der Waals surface area contributed by atoms with Crippen LogP contribution in [-0.4, -0.2) is 13.7 Å². The predicted octanol–water partition coefficient (Wildman–Crippen LogP) is 7.09. The molecule has 4 aliphatic carbocycles. The molecule has 3 aromatic carbocycles. The van der Waals surface area contributed by atoms with Gasteiger partial charge in [0.05, 0.1) is 19.6 Å². The molecule has 0 saturated heterocycles. The van der Waals surface area contributed by atoms with E-state index in [1.54, 1.807) is 0 Å². The molecule has 4 bridgehead atoms. The summed E-state index contributed by atoms with van der Waals surface area (Å²) in [6.07, 6.45) is 27.2. The minimum absolute atomic E-state index is 0.162. The van der Waals surface area contributed by atoms with Crippen molar-refractivity contribution < 1.29 is 13.7 Å². The van der Waals surface area contributed by atoms with Crippen LogP contribution in [0, 0.1) is 5.92 Å². The number of aromatic nitrogens is 6. The highest BCUT2D eigenvalue weighted by Crippen LogP contribution is 2.70. The molecule has 0 atom stereocenters. The van der Waals surface area contributed by atoms with Crippen LogP contribution in [0.15, 0.2) is 129 Å². The van der Waals surface area contributed by atoms with Crippen LogP contribution in [0.4, 0.5) is 0 Å². The van der Waals surface area contributed by atoms with Crippen molar-refractivity contribution in [3.05, 3.63) is 146 Å². The maximum Gasteiger partial charge on any atom is 0.248 e. The third-order valence-corrected chi connectivity index (χ3v) is 12.6. The van der Waals surface area contributed by atoms with Gasteiger partial charge in [0.15, 0.2) is 0 Å². The van der Waals surface area contributed by atoms with Crippen LogP contribution in [0.25, 0.3) is 17.1 Å². The van der Waals surface area contributed by atoms with Crippen LogP contribution in [0.1, 0.15) is 76.0 Å². The van der Waals surface area contributed by atoms with Crippen LogP contribution in [0.3, 0.4) is 0 Å². The summed E-state index contributed by atoms with van der Waals surface area (Å²) < 4.78 is 13.4. The van der Waals surface area contributed by atoms with E-state index in [9.17, 15) is 0 Å². The molecule has 0 aliphatic heterocycles. The molecule has 3 heterocycles. The lowest BCUT2D eigenvalue weighted by molar-refractivity contribution is -0.692. The molecule has 0 unspecified atom stereocenters. The Morgan fingerprint density at radius 2 is 0.755 bits per heavy atom. The quantitative estimate of drug-likeness (QED) is 0.150. The Bertz CT molecular complexity index is 1840. The third-order valence-electron chi connectivity index (χ3n) is 12.6. The first-order chi connectivity index (χ1) is 23.9. The fourth-order valence-electron chi connectivity index (χ4n) is 10.6. The summed E-state index contributed by atoms with van der Waals surface area (Å²) in [6.45, 7) is 9.52. The highest BCUT2D eigenvalue weighted by atomic mass is 15.1. The molecule has 6 heteroatoms. The first-order valence-corrected chi connectivity index (χ1v) is 18.5. The number of aryl methyl sites for hydroxylation is 3. The largest absolute Gasteiger partial charge is 0.248 e. The monoisotopic (exact) mass is 649 g/mol. The van der Waals surface area contributed by atoms with Crippen LogP contribution in [0.2, 0.25) is 0 Å². The lowest BCUT2D eigenvalue weighted by atomic mass is 9.36. The summed E-state index contributed by atoms with van der Waals surface area (Å²) in [4.78, 5) is 0. The average molecular weight is 650 g/mol. The molecule has 0 amide bonds. The van der Waals surface area contributed by atoms with E-state index in [0.29, 0.717) is 5.92 Å². The first kappa shape index (κ1) is 30.4. The van der Waals surface area contributed by atoms with Gasteiger partial charge in [-0.15, -0.1) is 0 Å². The average Bonchev–Trinajstić information content (AvgIpc) is 3.93. The molecule has 6 nitrogen and oxygen atoms in total. The molecule has 248 valence electrons. The van der Waals surface area contributed by atoms with Gasteiger partial charge in [-0.3, -0.25) is 0 Å². The van der Waals surface area contributed by atoms with Crippen LogP contribution < -0.4 is 13.7 Å². The Kier molecular flexibility index (Phi) is 7.08. The maximum absolute atomic E-state index is 2.47. The van der Waals surface area contributed by atoms with Crippen molar-refractivity contribution >= 4 is 0 Å². The molecule has 10 rings (SSSR count). The second-order valence-corrected chi connectivity index (χ2v) is 15.4. The van der Waals surface area contributed by atoms with Crippen molar-refractivity contribution in [1.29, 1.82) is 0 Å². The number of hydrogen-bond acceptors (Lipinski definition) is 0. The number of imidazole rings is 3. The summed E-state index contributed by atoms with van der Waals surface area (Å²) in [5.74, 6) is 0.712. The van der Waals surface area contributed by atoms with Crippen molar-refractivity contribution in [2.75, 3.05) is 0 Å². The maximum atomic E-state index is 2.47. The van der Waals surface area contributed by atoms with Gasteiger partial charge in [0, 0.05) is 0 Å². The van der Waals surface area contributed by atoms with Gasteiger partial charge in [-0.05, 0) is 135 Å². The first-order valence-electron chi connectivity index (χ1n) is 18.5. The van der Waals surface area contributed by atoms with Gasteiger partial charge in [-0.1, -0.05) is 36.4 Å². The van der Waals surface area contributed by atoms with Gasteiger partial charge >= 0.3 is 0 Å². The van der Waals surface area contributed by atoms with Gasteiger partial charge in [0.25, 0.3) is 0 Å². The molecule has 4 fully saturated rings. The summed E-state index contributed by atoms with van der Waals surface area (Å²) in [6, 6.07) is 29.0. The Hall–Kier alpha value is -4.71. The fourth-order valence-corrected chi connectivity index (χ4v) is 10.6. The van der Waals surface area contributed by atoms with Crippen molar-refractivity contribution in [3.63, 3.8) is 0 Å². The van der Waals surface area contributed by atoms with Crippen LogP contribution >= 0.6 is 0 Å². The Morgan fingerprint density at radius 1 is 0.469 bits per heavy atom. The van der Waals surface area contributed by atoms with Crippen LogP contribution in [-0.2, 0) is 35.9 Å². The minimum atomic E-state index is 0.162. The highest BCUT2D eigenvalue weighted by molar-refractivity contribution is 5.48. The van der Waals surface area contributed by atoms with E-state index in [-0.39, 0.29) is 16.2 Å². The zero-order valence-corrected chi connectivity index (χ0v) is 29.2. The van der Waals surface area contributed by atoms with E-state index in [1.165, 1.54) is 72.3 Å². The Balaban J connectivity index is 1.11. The van der Waals surface area contributed by atoms with Gasteiger partial charge < -0.3 is 0 Å². The van der Waals surface area contributed by atoms with E-state index in [0.717, 1.165) is 19.6 Å². The topological polar surface area (TPSA) is 26.4 Å². The van der Waals surface area contributed by atoms with Gasteiger partial charge in [-0.2, -0.15) is 0 Å². The Morgan fingerprint density at radius 3 is 1.00 bits per heavy atom. The second kappa shape index (κ2) is 11.4. The lowest BCUT2D eigenvalue weighted by Crippen LogP contribution is -2.61. The zero-order chi connectivity index (χ0) is 33.2. The molecular weight excluding hydrogens is 601 g/mol. The van der Waals surface area contributed by atoms with E-state index >= 15 is 0 Å². The molecule has 4 aliphatic rings. The summed E-state index contributed by atoms with van der Waals surface area (Å²) >= 11 is 0. The summed E-state index contributed by atoms with van der Waals surface area (Å²) in [5.41, 5.74) is 8.79. The van der Waals surface area contributed by atoms with E-state index in [1.807, 2.05) is 0 Å². The highest BCUT2D eigenvalue weighted by Gasteiger charge is 2.64. The number of benzene rings is 3. The number of rotatable bonds is 9. The SMILES string of the molecule is CC[n+]1ccn(-c2ccc(C34CC5CC(c6ccc(-n7cc[n+](CC)c7)cc6)(C3)CC(c3ccc(-n6cc[n+](CC)c6)cc3)(C5)C4)cc2)c1. The predicted molar refractivity (Wildman–Crippen MR) is 191 cm³/mol. The third kappa shape index (κ3) is 5.02. The van der Waals surface area contributed by atoms with E-state index in [4.69, 9.17) is 0 Å². The minimum Gasteiger partial charge on any atom is -0.237 e. The van der Waals surface area contributed by atoms with Gasteiger partial charge in [-0.25, -0.2) is 27.4 Å². The van der Waals surface area contributed by atoms with Crippen molar-refractivity contribution in [3.8, 4) is 17.1 Å². The molecule has 49 heavy (non-hydrogen) atoms. The van der Waals surface area contributed by atoms with E-state index < -0.39 is 0 Å². The van der Waals surface area contributed by atoms with Crippen molar-refractivity contribution in [2.24, 2.45) is 5.92 Å². The smallest absolute Gasteiger partial charge is 0.237 e. The zero-order valence-electron chi connectivity index (χ0n) is 29.2.